The number of aromatic nitrogens is 1. The average Bonchev–Trinajstić information content (AvgIpc) is 2.38. The quantitative estimate of drug-likeness (QED) is 0.589. The molecule has 0 saturated carbocycles. The minimum absolute atomic E-state index is 0.270. The van der Waals surface area contributed by atoms with Crippen molar-refractivity contribution in [1.29, 1.82) is 0 Å². The number of benzene rings is 2. The number of fused-ring (bicyclic) bond motifs is 1. The van der Waals surface area contributed by atoms with E-state index < -0.39 is 5.82 Å². The van der Waals surface area contributed by atoms with Crippen LogP contribution in [0.1, 0.15) is 0 Å². The molecule has 1 nitrogen and oxygen atoms in total. The molecule has 19 heavy (non-hydrogen) atoms. The van der Waals surface area contributed by atoms with Crippen LogP contribution in [0.2, 0.25) is 10.0 Å². The van der Waals surface area contributed by atoms with Crippen molar-refractivity contribution >= 4 is 34.1 Å². The van der Waals surface area contributed by atoms with Gasteiger partial charge >= 0.3 is 0 Å². The van der Waals surface area contributed by atoms with Crippen molar-refractivity contribution in [2.75, 3.05) is 0 Å². The van der Waals surface area contributed by atoms with Crippen LogP contribution in [0.5, 0.6) is 0 Å². The van der Waals surface area contributed by atoms with E-state index in [4.69, 9.17) is 23.2 Å². The van der Waals surface area contributed by atoms with E-state index in [1.54, 1.807) is 6.07 Å². The molecule has 3 rings (SSSR count). The Balaban J connectivity index is 2.31. The van der Waals surface area contributed by atoms with Gasteiger partial charge in [-0.3, -0.25) is 0 Å². The third-order valence-corrected chi connectivity index (χ3v) is 3.44. The summed E-state index contributed by atoms with van der Waals surface area (Å²) in [5.74, 6) is -0.425. The van der Waals surface area contributed by atoms with Crippen molar-refractivity contribution in [2.24, 2.45) is 0 Å². The van der Waals surface area contributed by atoms with Crippen molar-refractivity contribution in [3.05, 3.63) is 64.4 Å². The first-order valence-electron chi connectivity index (χ1n) is 5.66. The lowest BCUT2D eigenvalue weighted by Crippen LogP contribution is -1.89. The third kappa shape index (κ3) is 2.29. The lowest BCUT2D eigenvalue weighted by atomic mass is 10.1. The zero-order valence-corrected chi connectivity index (χ0v) is 11.2. The molecule has 0 radical (unpaired) electrons. The van der Waals surface area contributed by atoms with Gasteiger partial charge in [-0.15, -0.1) is 0 Å². The predicted octanol–water partition coefficient (Wildman–Crippen LogP) is 5.35. The van der Waals surface area contributed by atoms with Gasteiger partial charge in [0.05, 0.1) is 21.3 Å². The number of hydrogen-bond acceptors (Lipinski definition) is 1. The molecular formula is C15H8Cl2FN. The second-order valence-electron chi connectivity index (χ2n) is 4.14. The molecule has 0 fully saturated rings. The van der Waals surface area contributed by atoms with Crippen molar-refractivity contribution in [2.45, 2.75) is 0 Å². The van der Waals surface area contributed by atoms with Crippen LogP contribution in [0.15, 0.2) is 48.5 Å². The zero-order valence-electron chi connectivity index (χ0n) is 9.70. The molecule has 3 aromatic rings. The molecule has 0 aliphatic rings. The highest BCUT2D eigenvalue weighted by Crippen LogP contribution is 2.33. The summed E-state index contributed by atoms with van der Waals surface area (Å²) in [7, 11) is 0. The molecule has 0 unspecified atom stereocenters. The van der Waals surface area contributed by atoms with E-state index >= 15 is 0 Å². The molecule has 0 atom stereocenters. The number of halogens is 3. The molecule has 1 aromatic heterocycles. The summed E-state index contributed by atoms with van der Waals surface area (Å²) < 4.78 is 13.4. The van der Waals surface area contributed by atoms with E-state index in [0.717, 1.165) is 5.56 Å². The van der Waals surface area contributed by atoms with Crippen LogP contribution >= 0.6 is 23.2 Å². The van der Waals surface area contributed by atoms with Crippen LogP contribution in [-0.4, -0.2) is 4.98 Å². The van der Waals surface area contributed by atoms with Crippen LogP contribution in [-0.2, 0) is 0 Å². The summed E-state index contributed by atoms with van der Waals surface area (Å²) in [6.45, 7) is 0. The van der Waals surface area contributed by atoms with Gasteiger partial charge < -0.3 is 0 Å². The third-order valence-electron chi connectivity index (χ3n) is 2.85. The second-order valence-corrected chi connectivity index (χ2v) is 4.95. The molecule has 0 saturated heterocycles. The largest absolute Gasteiger partial charge is 0.248 e. The number of rotatable bonds is 1. The standard InChI is InChI=1S/C15H8Cl2FN/c16-11-6-10(18)7-14-15(11)12(17)8-13(19-14)9-4-2-1-3-5-9/h1-8H. The van der Waals surface area contributed by atoms with Crippen molar-refractivity contribution in [3.63, 3.8) is 0 Å². The van der Waals surface area contributed by atoms with E-state index in [9.17, 15) is 4.39 Å². The first kappa shape index (κ1) is 12.4. The molecule has 0 aliphatic carbocycles. The summed E-state index contributed by atoms with van der Waals surface area (Å²) in [6, 6.07) is 13.9. The lowest BCUT2D eigenvalue weighted by molar-refractivity contribution is 0.629. The van der Waals surface area contributed by atoms with E-state index in [1.165, 1.54) is 12.1 Å². The lowest BCUT2D eigenvalue weighted by Gasteiger charge is -2.07. The maximum Gasteiger partial charge on any atom is 0.126 e. The van der Waals surface area contributed by atoms with E-state index in [2.05, 4.69) is 4.98 Å². The smallest absolute Gasteiger partial charge is 0.126 e. The highest BCUT2D eigenvalue weighted by Gasteiger charge is 2.10. The summed E-state index contributed by atoms with van der Waals surface area (Å²) in [5, 5.41) is 1.31. The van der Waals surface area contributed by atoms with Crippen molar-refractivity contribution in [1.82, 2.24) is 4.98 Å². The summed E-state index contributed by atoms with van der Waals surface area (Å²) in [4.78, 5) is 4.42. The highest BCUT2D eigenvalue weighted by molar-refractivity contribution is 6.42. The molecule has 0 spiro atoms. The van der Waals surface area contributed by atoms with Gasteiger partial charge in [0.1, 0.15) is 5.82 Å². The van der Waals surface area contributed by atoms with E-state index in [0.29, 0.717) is 21.6 Å². The molecule has 1 heterocycles. The molecular weight excluding hydrogens is 284 g/mol. The fourth-order valence-electron chi connectivity index (χ4n) is 2.00. The van der Waals surface area contributed by atoms with Crippen LogP contribution in [0, 0.1) is 5.82 Å². The van der Waals surface area contributed by atoms with Crippen LogP contribution in [0.4, 0.5) is 4.39 Å². The Bertz CT molecular complexity index is 757. The Morgan fingerprint density at radius 2 is 1.58 bits per heavy atom. The van der Waals surface area contributed by atoms with Crippen molar-refractivity contribution < 1.29 is 4.39 Å². The monoisotopic (exact) mass is 291 g/mol. The van der Waals surface area contributed by atoms with Gasteiger partial charge in [-0.05, 0) is 12.1 Å². The first-order chi connectivity index (χ1) is 9.15. The molecule has 0 aliphatic heterocycles. The zero-order chi connectivity index (χ0) is 13.4. The first-order valence-corrected chi connectivity index (χ1v) is 6.41. The molecule has 2 aromatic carbocycles. The number of pyridine rings is 1. The number of hydrogen-bond donors (Lipinski definition) is 0. The van der Waals surface area contributed by atoms with Gasteiger partial charge in [0.15, 0.2) is 0 Å². The highest BCUT2D eigenvalue weighted by atomic mass is 35.5. The summed E-state index contributed by atoms with van der Waals surface area (Å²) >= 11 is 12.2. The van der Waals surface area contributed by atoms with Gasteiger partial charge in [-0.1, -0.05) is 53.5 Å². The normalized spacial score (nSPS) is 10.9. The van der Waals surface area contributed by atoms with Gasteiger partial charge in [0.25, 0.3) is 0 Å². The summed E-state index contributed by atoms with van der Waals surface area (Å²) in [5.41, 5.74) is 2.07. The second kappa shape index (κ2) is 4.80. The van der Waals surface area contributed by atoms with Gasteiger partial charge in [-0.2, -0.15) is 0 Å². The SMILES string of the molecule is Fc1cc(Cl)c2c(Cl)cc(-c3ccccc3)nc2c1. The fourth-order valence-corrected chi connectivity index (χ4v) is 2.65. The Labute approximate surface area is 119 Å². The van der Waals surface area contributed by atoms with E-state index in [-0.39, 0.29) is 5.02 Å². The maximum absolute atomic E-state index is 13.4. The molecule has 94 valence electrons. The maximum atomic E-state index is 13.4. The van der Waals surface area contributed by atoms with Gasteiger partial charge in [0.2, 0.25) is 0 Å². The number of nitrogens with zero attached hydrogens (tertiary/aromatic N) is 1. The van der Waals surface area contributed by atoms with Crippen molar-refractivity contribution in [3.8, 4) is 11.3 Å². The summed E-state index contributed by atoms with van der Waals surface area (Å²) in [6.07, 6.45) is 0. The fraction of sp³-hybridized carbons (Fsp3) is 0. The van der Waals surface area contributed by atoms with Gasteiger partial charge in [-0.25, -0.2) is 9.37 Å². The minimum Gasteiger partial charge on any atom is -0.248 e. The topological polar surface area (TPSA) is 12.9 Å². The molecule has 0 bridgehead atoms. The van der Waals surface area contributed by atoms with Crippen LogP contribution in [0.25, 0.3) is 22.2 Å². The van der Waals surface area contributed by atoms with E-state index in [1.807, 2.05) is 30.3 Å². The molecule has 4 heteroatoms. The average molecular weight is 292 g/mol. The van der Waals surface area contributed by atoms with Gasteiger partial charge in [0, 0.05) is 17.0 Å². The Morgan fingerprint density at radius 1 is 0.895 bits per heavy atom. The molecule has 0 amide bonds. The van der Waals surface area contributed by atoms with Crippen LogP contribution < -0.4 is 0 Å². The predicted molar refractivity (Wildman–Crippen MR) is 77.2 cm³/mol. The molecule has 0 N–H and O–H groups in total. The van der Waals surface area contributed by atoms with Crippen LogP contribution in [0.3, 0.4) is 0 Å². The Kier molecular flexibility index (Phi) is 3.13. The Hall–Kier alpha value is -1.64. The minimum atomic E-state index is -0.425. The Morgan fingerprint density at radius 3 is 2.32 bits per heavy atom.